The number of rotatable bonds is 5. The number of tetrazole rings is 1. The lowest BCUT2D eigenvalue weighted by Crippen LogP contribution is -2.15. The zero-order chi connectivity index (χ0) is 23.8. The predicted molar refractivity (Wildman–Crippen MR) is 132 cm³/mol. The average molecular weight is 461 g/mol. The van der Waals surface area contributed by atoms with Gasteiger partial charge in [0, 0.05) is 11.1 Å². The second kappa shape index (κ2) is 8.45. The van der Waals surface area contributed by atoms with Gasteiger partial charge in [0.2, 0.25) is 5.82 Å². The minimum atomic E-state index is -0.273. The maximum absolute atomic E-state index is 12.9. The number of H-pyrrole nitrogens is 2. The fraction of sp³-hybridized carbons (Fsp3) is 0.0769. The minimum Gasteiger partial charge on any atom is -0.319 e. The third kappa shape index (κ3) is 3.59. The first-order chi connectivity index (χ1) is 17.2. The highest BCUT2D eigenvalue weighted by Crippen LogP contribution is 2.33. The summed E-state index contributed by atoms with van der Waals surface area (Å²) < 4.78 is 1.94. The Morgan fingerprint density at radius 3 is 2.31 bits per heavy atom. The van der Waals surface area contributed by atoms with Crippen LogP contribution in [0.2, 0.25) is 0 Å². The maximum Gasteiger partial charge on any atom is 0.290 e. The Kier molecular flexibility index (Phi) is 4.99. The monoisotopic (exact) mass is 460 g/mol. The third-order valence-corrected chi connectivity index (χ3v) is 6.06. The highest BCUT2D eigenvalue weighted by molar-refractivity contribution is 5.89. The number of hydrogen-bond acceptors (Lipinski definition) is 6. The Labute approximate surface area is 199 Å². The molecule has 0 amide bonds. The lowest BCUT2D eigenvalue weighted by molar-refractivity contribution is 0.782. The largest absolute Gasteiger partial charge is 0.319 e. The van der Waals surface area contributed by atoms with E-state index in [0.717, 1.165) is 33.6 Å². The van der Waals surface area contributed by atoms with Crippen LogP contribution in [0.15, 0.2) is 83.7 Å². The SMILES string of the molecule is Cc1nc2c(-c3ccccc3)n[nH]c(=O)c2n1Cc1ccccc1-c1ccccc1-c1nn[nH]n1. The van der Waals surface area contributed by atoms with Crippen LogP contribution < -0.4 is 5.56 Å². The molecule has 35 heavy (non-hydrogen) atoms. The molecule has 9 nitrogen and oxygen atoms in total. The Morgan fingerprint density at radius 2 is 1.54 bits per heavy atom. The molecular formula is C26H20N8O. The summed E-state index contributed by atoms with van der Waals surface area (Å²) in [6.45, 7) is 2.37. The summed E-state index contributed by atoms with van der Waals surface area (Å²) in [5.41, 5.74) is 6.25. The molecule has 0 unspecified atom stereocenters. The molecular weight excluding hydrogens is 440 g/mol. The molecule has 0 saturated carbocycles. The van der Waals surface area contributed by atoms with Crippen molar-refractivity contribution in [2.24, 2.45) is 0 Å². The fourth-order valence-electron chi connectivity index (χ4n) is 4.44. The molecule has 3 aromatic heterocycles. The molecule has 0 aliphatic carbocycles. The lowest BCUT2D eigenvalue weighted by Gasteiger charge is -2.14. The van der Waals surface area contributed by atoms with Crippen molar-refractivity contribution in [3.05, 3.63) is 101 Å². The van der Waals surface area contributed by atoms with E-state index in [2.05, 4.69) is 43.0 Å². The average Bonchev–Trinajstić information content (AvgIpc) is 3.54. The first-order valence-corrected chi connectivity index (χ1v) is 11.1. The molecule has 9 heteroatoms. The summed E-state index contributed by atoms with van der Waals surface area (Å²) in [6, 6.07) is 25.8. The van der Waals surface area contributed by atoms with Gasteiger partial charge in [0.1, 0.15) is 22.6 Å². The number of aromatic amines is 2. The summed E-state index contributed by atoms with van der Waals surface area (Å²) in [7, 11) is 0. The highest BCUT2D eigenvalue weighted by atomic mass is 16.1. The summed E-state index contributed by atoms with van der Waals surface area (Å²) in [5.74, 6) is 1.26. The molecule has 0 spiro atoms. The van der Waals surface area contributed by atoms with Gasteiger partial charge in [-0.3, -0.25) is 4.79 Å². The molecule has 0 atom stereocenters. The number of nitrogens with one attached hydrogen (secondary N) is 2. The summed E-state index contributed by atoms with van der Waals surface area (Å²) in [6.07, 6.45) is 0. The molecule has 2 N–H and O–H groups in total. The van der Waals surface area contributed by atoms with Crippen molar-refractivity contribution in [2.45, 2.75) is 13.5 Å². The van der Waals surface area contributed by atoms with Crippen LogP contribution in [0.3, 0.4) is 0 Å². The number of aromatic nitrogens is 8. The van der Waals surface area contributed by atoms with E-state index in [1.165, 1.54) is 0 Å². The Bertz CT molecular complexity index is 1700. The summed E-state index contributed by atoms with van der Waals surface area (Å²) in [4.78, 5) is 17.7. The second-order valence-corrected chi connectivity index (χ2v) is 8.15. The van der Waals surface area contributed by atoms with E-state index in [1.54, 1.807) is 0 Å². The number of benzene rings is 3. The van der Waals surface area contributed by atoms with Crippen molar-refractivity contribution >= 4 is 11.0 Å². The Hall–Kier alpha value is -4.92. The maximum atomic E-state index is 12.9. The van der Waals surface area contributed by atoms with Gasteiger partial charge in [-0.25, -0.2) is 10.1 Å². The molecule has 170 valence electrons. The first-order valence-electron chi connectivity index (χ1n) is 11.1. The van der Waals surface area contributed by atoms with Gasteiger partial charge in [-0.15, -0.1) is 10.2 Å². The van der Waals surface area contributed by atoms with Crippen LogP contribution in [0.25, 0.3) is 44.8 Å². The molecule has 3 aromatic carbocycles. The summed E-state index contributed by atoms with van der Waals surface area (Å²) >= 11 is 0. The first kappa shape index (κ1) is 20.7. The normalized spacial score (nSPS) is 11.2. The van der Waals surface area contributed by atoms with E-state index in [9.17, 15) is 4.79 Å². The number of fused-ring (bicyclic) bond motifs is 1. The van der Waals surface area contributed by atoms with Crippen molar-refractivity contribution in [1.82, 2.24) is 40.4 Å². The van der Waals surface area contributed by atoms with Gasteiger partial charge >= 0.3 is 0 Å². The zero-order valence-corrected chi connectivity index (χ0v) is 18.8. The molecule has 3 heterocycles. The van der Waals surface area contributed by atoms with Crippen molar-refractivity contribution in [3.63, 3.8) is 0 Å². The van der Waals surface area contributed by atoms with Gasteiger partial charge in [-0.05, 0) is 28.8 Å². The lowest BCUT2D eigenvalue weighted by atomic mass is 9.95. The van der Waals surface area contributed by atoms with Crippen molar-refractivity contribution in [2.75, 3.05) is 0 Å². The zero-order valence-electron chi connectivity index (χ0n) is 18.8. The van der Waals surface area contributed by atoms with Crippen LogP contribution in [-0.2, 0) is 6.54 Å². The molecule has 0 saturated heterocycles. The van der Waals surface area contributed by atoms with E-state index in [0.29, 0.717) is 29.1 Å². The van der Waals surface area contributed by atoms with Gasteiger partial charge < -0.3 is 4.57 Å². The minimum absolute atomic E-state index is 0.273. The van der Waals surface area contributed by atoms with Crippen molar-refractivity contribution in [3.8, 4) is 33.8 Å². The molecule has 6 aromatic rings. The van der Waals surface area contributed by atoms with E-state index < -0.39 is 0 Å². The van der Waals surface area contributed by atoms with Gasteiger partial charge in [0.05, 0.1) is 6.54 Å². The van der Waals surface area contributed by atoms with E-state index in [1.807, 2.05) is 78.2 Å². The van der Waals surface area contributed by atoms with Crippen LogP contribution >= 0.6 is 0 Å². The standard InChI is InChI=1S/C26H20N8O/c1-16-27-23-22(17-9-3-2-4-10-17)28-31-26(35)24(23)34(16)15-18-11-5-6-12-19(18)20-13-7-8-14-21(20)25-29-32-33-30-25/h2-14H,15H2,1H3,(H,31,35)(H,29,30,32,33). The molecule has 0 aliphatic rings. The van der Waals surface area contributed by atoms with Crippen LogP contribution in [0, 0.1) is 6.92 Å². The molecule has 0 radical (unpaired) electrons. The quantitative estimate of drug-likeness (QED) is 0.402. The number of nitrogens with zero attached hydrogens (tertiary/aromatic N) is 6. The number of aryl methyl sites for hydroxylation is 1. The van der Waals surface area contributed by atoms with Gasteiger partial charge in [-0.2, -0.15) is 10.3 Å². The number of imidazole rings is 1. The Morgan fingerprint density at radius 1 is 0.829 bits per heavy atom. The fourth-order valence-corrected chi connectivity index (χ4v) is 4.44. The van der Waals surface area contributed by atoms with Crippen molar-refractivity contribution < 1.29 is 0 Å². The van der Waals surface area contributed by atoms with Crippen LogP contribution in [-0.4, -0.2) is 40.4 Å². The van der Waals surface area contributed by atoms with Crippen LogP contribution in [0.1, 0.15) is 11.4 Å². The van der Waals surface area contributed by atoms with E-state index in [-0.39, 0.29) is 5.56 Å². The second-order valence-electron chi connectivity index (χ2n) is 8.15. The molecule has 0 bridgehead atoms. The smallest absolute Gasteiger partial charge is 0.290 e. The van der Waals surface area contributed by atoms with Gasteiger partial charge in [0.15, 0.2) is 0 Å². The van der Waals surface area contributed by atoms with E-state index in [4.69, 9.17) is 4.98 Å². The van der Waals surface area contributed by atoms with E-state index >= 15 is 0 Å². The van der Waals surface area contributed by atoms with Gasteiger partial charge in [-0.1, -0.05) is 78.9 Å². The molecule has 6 rings (SSSR count). The molecule has 0 fully saturated rings. The molecule has 0 aliphatic heterocycles. The van der Waals surface area contributed by atoms with Crippen LogP contribution in [0.4, 0.5) is 0 Å². The Balaban J connectivity index is 1.51. The summed E-state index contributed by atoms with van der Waals surface area (Å²) in [5, 5.41) is 21.5. The van der Waals surface area contributed by atoms with Gasteiger partial charge in [0.25, 0.3) is 5.56 Å². The predicted octanol–water partition coefficient (Wildman–Crippen LogP) is 3.99. The highest BCUT2D eigenvalue weighted by Gasteiger charge is 2.19. The van der Waals surface area contributed by atoms with Crippen molar-refractivity contribution in [1.29, 1.82) is 0 Å². The third-order valence-electron chi connectivity index (χ3n) is 6.06. The van der Waals surface area contributed by atoms with Crippen LogP contribution in [0.5, 0.6) is 0 Å². The number of hydrogen-bond donors (Lipinski definition) is 2. The topological polar surface area (TPSA) is 118 Å².